The molecule has 15 heavy (non-hydrogen) atoms. The highest BCUT2D eigenvalue weighted by Gasteiger charge is 2.21. The summed E-state index contributed by atoms with van der Waals surface area (Å²) in [5.74, 6) is -0.703. The van der Waals surface area contributed by atoms with Crippen molar-refractivity contribution in [1.29, 1.82) is 0 Å². The van der Waals surface area contributed by atoms with Crippen LogP contribution in [0.25, 0.3) is 0 Å². The van der Waals surface area contributed by atoms with E-state index in [-0.39, 0.29) is 10.6 Å². The van der Waals surface area contributed by atoms with Gasteiger partial charge >= 0.3 is 0 Å². The fourth-order valence-electron chi connectivity index (χ4n) is 1.21. The number of benzene rings is 1. The van der Waals surface area contributed by atoms with E-state index in [1.54, 1.807) is 6.92 Å². The molecule has 0 saturated heterocycles. The van der Waals surface area contributed by atoms with Gasteiger partial charge in [-0.3, -0.25) is 0 Å². The molecule has 0 aliphatic heterocycles. The second kappa shape index (κ2) is 4.90. The topological polar surface area (TPSA) is 60.7 Å². The summed E-state index contributed by atoms with van der Waals surface area (Å²) in [5, 5.41) is 27.5. The van der Waals surface area contributed by atoms with E-state index in [2.05, 4.69) is 0 Å². The normalized spacial score (nSPS) is 15.1. The Balaban J connectivity index is 3.09. The molecule has 0 heterocycles. The Morgan fingerprint density at radius 1 is 1.40 bits per heavy atom. The zero-order valence-corrected chi connectivity index (χ0v) is 8.87. The van der Waals surface area contributed by atoms with E-state index < -0.39 is 24.6 Å². The van der Waals surface area contributed by atoms with Crippen LogP contribution in [0.15, 0.2) is 12.1 Å². The standard InChI is InChI=1S/C10H12ClFO3/c1-5-2-6(8(12)3-7(5)11)10(15)9(14)4-13/h2-3,9-10,13-15H,4H2,1H3. The van der Waals surface area contributed by atoms with E-state index in [9.17, 15) is 9.50 Å². The second-order valence-corrected chi connectivity index (χ2v) is 3.72. The van der Waals surface area contributed by atoms with Gasteiger partial charge in [-0.25, -0.2) is 4.39 Å². The molecule has 1 rings (SSSR count). The second-order valence-electron chi connectivity index (χ2n) is 3.32. The lowest BCUT2D eigenvalue weighted by atomic mass is 10.0. The molecule has 2 unspecified atom stereocenters. The van der Waals surface area contributed by atoms with Gasteiger partial charge in [0.15, 0.2) is 0 Å². The first-order chi connectivity index (χ1) is 6.97. The smallest absolute Gasteiger partial charge is 0.130 e. The summed E-state index contributed by atoms with van der Waals surface area (Å²) in [7, 11) is 0. The van der Waals surface area contributed by atoms with Gasteiger partial charge in [-0.05, 0) is 24.6 Å². The molecule has 1 aromatic carbocycles. The van der Waals surface area contributed by atoms with Crippen molar-refractivity contribution in [3.63, 3.8) is 0 Å². The molecule has 0 aromatic heterocycles. The average molecular weight is 235 g/mol. The Labute approximate surface area is 91.7 Å². The van der Waals surface area contributed by atoms with Crippen molar-refractivity contribution in [2.45, 2.75) is 19.1 Å². The fraction of sp³-hybridized carbons (Fsp3) is 0.400. The summed E-state index contributed by atoms with van der Waals surface area (Å²) >= 11 is 5.67. The zero-order valence-electron chi connectivity index (χ0n) is 8.11. The lowest BCUT2D eigenvalue weighted by molar-refractivity contribution is -0.0168. The van der Waals surface area contributed by atoms with Crippen molar-refractivity contribution < 1.29 is 19.7 Å². The molecule has 0 saturated carbocycles. The van der Waals surface area contributed by atoms with Crippen LogP contribution in [-0.4, -0.2) is 28.0 Å². The van der Waals surface area contributed by atoms with Crippen LogP contribution in [0.5, 0.6) is 0 Å². The molecule has 84 valence electrons. The molecule has 1 aromatic rings. The van der Waals surface area contributed by atoms with E-state index in [1.807, 2.05) is 0 Å². The third-order valence-electron chi connectivity index (χ3n) is 2.15. The van der Waals surface area contributed by atoms with Crippen LogP contribution >= 0.6 is 11.6 Å². The highest BCUT2D eigenvalue weighted by Crippen LogP contribution is 2.26. The highest BCUT2D eigenvalue weighted by atomic mass is 35.5. The maximum Gasteiger partial charge on any atom is 0.130 e. The molecular formula is C10H12ClFO3. The van der Waals surface area contributed by atoms with E-state index in [4.69, 9.17) is 21.8 Å². The van der Waals surface area contributed by atoms with Crippen LogP contribution in [0.1, 0.15) is 17.2 Å². The van der Waals surface area contributed by atoms with Crippen molar-refractivity contribution in [3.05, 3.63) is 34.1 Å². The predicted octanol–water partition coefficient (Wildman–Crippen LogP) is 1.17. The molecule has 0 fully saturated rings. The summed E-state index contributed by atoms with van der Waals surface area (Å²) in [6.07, 6.45) is -2.86. The van der Waals surface area contributed by atoms with Crippen molar-refractivity contribution >= 4 is 11.6 Å². The largest absolute Gasteiger partial charge is 0.394 e. The number of aliphatic hydroxyl groups is 3. The summed E-state index contributed by atoms with van der Waals surface area (Å²) in [6.45, 7) is 1.02. The van der Waals surface area contributed by atoms with Gasteiger partial charge in [0.25, 0.3) is 0 Å². The van der Waals surface area contributed by atoms with E-state index in [1.165, 1.54) is 6.07 Å². The molecule has 2 atom stereocenters. The first-order valence-electron chi connectivity index (χ1n) is 4.40. The van der Waals surface area contributed by atoms with Gasteiger partial charge in [0, 0.05) is 10.6 Å². The van der Waals surface area contributed by atoms with E-state index in [0.717, 1.165) is 6.07 Å². The van der Waals surface area contributed by atoms with E-state index in [0.29, 0.717) is 5.56 Å². The lowest BCUT2D eigenvalue weighted by Gasteiger charge is -2.17. The Morgan fingerprint density at radius 2 is 2.00 bits per heavy atom. The third-order valence-corrected chi connectivity index (χ3v) is 2.56. The van der Waals surface area contributed by atoms with Gasteiger partial charge in [0.2, 0.25) is 0 Å². The molecular weight excluding hydrogens is 223 g/mol. The quantitative estimate of drug-likeness (QED) is 0.736. The molecule has 3 nitrogen and oxygen atoms in total. The Hall–Kier alpha value is -0.680. The maximum absolute atomic E-state index is 13.3. The molecule has 3 N–H and O–H groups in total. The summed E-state index contributed by atoms with van der Waals surface area (Å²) < 4.78 is 13.3. The lowest BCUT2D eigenvalue weighted by Crippen LogP contribution is -2.23. The molecule has 0 aliphatic rings. The van der Waals surface area contributed by atoms with Crippen LogP contribution in [-0.2, 0) is 0 Å². The van der Waals surface area contributed by atoms with Gasteiger partial charge in [-0.2, -0.15) is 0 Å². The van der Waals surface area contributed by atoms with Crippen molar-refractivity contribution in [2.24, 2.45) is 0 Å². The van der Waals surface area contributed by atoms with Crippen molar-refractivity contribution in [1.82, 2.24) is 0 Å². The van der Waals surface area contributed by atoms with Crippen molar-refractivity contribution in [3.8, 4) is 0 Å². The molecule has 5 heteroatoms. The van der Waals surface area contributed by atoms with Crippen LogP contribution in [0.4, 0.5) is 4.39 Å². The number of aliphatic hydroxyl groups excluding tert-OH is 3. The van der Waals surface area contributed by atoms with Crippen LogP contribution in [0, 0.1) is 12.7 Å². The minimum absolute atomic E-state index is 0.0709. The van der Waals surface area contributed by atoms with Crippen LogP contribution in [0.3, 0.4) is 0 Å². The number of hydrogen-bond acceptors (Lipinski definition) is 3. The van der Waals surface area contributed by atoms with Gasteiger partial charge in [-0.15, -0.1) is 0 Å². The molecule has 0 spiro atoms. The Kier molecular flexibility index (Phi) is 4.04. The number of rotatable bonds is 3. The Bertz CT molecular complexity index is 357. The van der Waals surface area contributed by atoms with E-state index >= 15 is 0 Å². The summed E-state index contributed by atoms with van der Waals surface area (Å²) in [5.41, 5.74) is 0.524. The van der Waals surface area contributed by atoms with Gasteiger partial charge in [0.05, 0.1) is 6.61 Å². The summed E-state index contributed by atoms with van der Waals surface area (Å²) in [4.78, 5) is 0. The monoisotopic (exact) mass is 234 g/mol. The first kappa shape index (κ1) is 12.4. The minimum atomic E-state index is -1.45. The maximum atomic E-state index is 13.3. The van der Waals surface area contributed by atoms with Gasteiger partial charge in [-0.1, -0.05) is 11.6 Å². The van der Waals surface area contributed by atoms with Crippen molar-refractivity contribution in [2.75, 3.05) is 6.61 Å². The summed E-state index contributed by atoms with van der Waals surface area (Å²) in [6, 6.07) is 2.42. The molecule has 0 bridgehead atoms. The predicted molar refractivity (Wildman–Crippen MR) is 54.2 cm³/mol. The SMILES string of the molecule is Cc1cc(C(O)C(O)CO)c(F)cc1Cl. The van der Waals surface area contributed by atoms with Gasteiger partial charge in [0.1, 0.15) is 18.0 Å². The first-order valence-corrected chi connectivity index (χ1v) is 4.77. The molecule has 0 amide bonds. The Morgan fingerprint density at radius 3 is 2.53 bits per heavy atom. The van der Waals surface area contributed by atoms with Crippen LogP contribution < -0.4 is 0 Å². The number of hydrogen-bond donors (Lipinski definition) is 3. The number of halogens is 2. The fourth-order valence-corrected chi connectivity index (χ4v) is 1.36. The average Bonchev–Trinajstić information content (AvgIpc) is 2.21. The number of aryl methyl sites for hydroxylation is 1. The highest BCUT2D eigenvalue weighted by molar-refractivity contribution is 6.31. The molecule has 0 radical (unpaired) electrons. The molecule has 0 aliphatic carbocycles. The van der Waals surface area contributed by atoms with Gasteiger partial charge < -0.3 is 15.3 Å². The third kappa shape index (κ3) is 2.66. The zero-order chi connectivity index (χ0) is 11.6. The van der Waals surface area contributed by atoms with Crippen LogP contribution in [0.2, 0.25) is 5.02 Å². The minimum Gasteiger partial charge on any atom is -0.394 e.